The highest BCUT2D eigenvalue weighted by molar-refractivity contribution is 9.10. The summed E-state index contributed by atoms with van der Waals surface area (Å²) in [4.78, 5) is 34.8. The number of benzene rings is 2. The Morgan fingerprint density at radius 2 is 1.78 bits per heavy atom. The molecule has 0 aliphatic carbocycles. The summed E-state index contributed by atoms with van der Waals surface area (Å²) >= 11 is 3.47. The Labute approximate surface area is 219 Å². The number of likely N-dealkylation sites (tertiary alicyclic amines) is 2. The number of carbonyl (C=O) groups excluding carboxylic acids is 2. The zero-order chi connectivity index (χ0) is 24.9. The Kier molecular flexibility index (Phi) is 7.77. The van der Waals surface area contributed by atoms with E-state index in [1.54, 1.807) is 0 Å². The second-order valence-corrected chi connectivity index (χ2v) is 10.4. The van der Waals surface area contributed by atoms with E-state index in [1.807, 2.05) is 53.4 Å². The highest BCUT2D eigenvalue weighted by Gasteiger charge is 2.28. The lowest BCUT2D eigenvalue weighted by Gasteiger charge is -2.30. The molecule has 1 N–H and O–H groups in total. The van der Waals surface area contributed by atoms with Crippen LogP contribution in [0.25, 0.3) is 11.4 Å². The van der Waals surface area contributed by atoms with Crippen LogP contribution in [0.1, 0.15) is 48.4 Å². The average Bonchev–Trinajstić information content (AvgIpc) is 3.38. The number of piperidine rings is 2. The van der Waals surface area contributed by atoms with Gasteiger partial charge in [-0.2, -0.15) is 4.98 Å². The fourth-order valence-electron chi connectivity index (χ4n) is 4.89. The summed E-state index contributed by atoms with van der Waals surface area (Å²) in [5.74, 6) is 1.01. The van der Waals surface area contributed by atoms with E-state index in [0.29, 0.717) is 29.5 Å². The summed E-state index contributed by atoms with van der Waals surface area (Å²) in [6, 6.07) is 15.1. The topological polar surface area (TPSA) is 91.6 Å². The molecule has 2 saturated heterocycles. The molecule has 8 nitrogen and oxygen atoms in total. The molecule has 2 aromatic carbocycles. The van der Waals surface area contributed by atoms with E-state index in [4.69, 9.17) is 4.52 Å². The first kappa shape index (κ1) is 24.6. The molecule has 2 amide bonds. The zero-order valence-corrected chi connectivity index (χ0v) is 21.7. The number of anilines is 1. The molecule has 1 aromatic heterocycles. The van der Waals surface area contributed by atoms with Crippen LogP contribution in [0.4, 0.5) is 5.69 Å². The van der Waals surface area contributed by atoms with E-state index >= 15 is 0 Å². The van der Waals surface area contributed by atoms with Gasteiger partial charge < -0.3 is 14.7 Å². The lowest BCUT2D eigenvalue weighted by Crippen LogP contribution is -2.38. The van der Waals surface area contributed by atoms with Crippen LogP contribution in [0.15, 0.2) is 57.5 Å². The number of hydrogen-bond acceptors (Lipinski definition) is 6. The van der Waals surface area contributed by atoms with Gasteiger partial charge in [0.1, 0.15) is 0 Å². The Balaban J connectivity index is 1.15. The van der Waals surface area contributed by atoms with Gasteiger partial charge in [-0.3, -0.25) is 14.5 Å². The van der Waals surface area contributed by atoms with Gasteiger partial charge in [0.15, 0.2) is 0 Å². The summed E-state index contributed by atoms with van der Waals surface area (Å²) in [5, 5.41) is 7.15. The second-order valence-electron chi connectivity index (χ2n) is 9.46. The third-order valence-corrected chi connectivity index (χ3v) is 7.42. The van der Waals surface area contributed by atoms with Crippen LogP contribution in [0.3, 0.4) is 0 Å². The third-order valence-electron chi connectivity index (χ3n) is 6.93. The average molecular weight is 552 g/mol. The molecule has 0 spiro atoms. The molecule has 188 valence electrons. The van der Waals surface area contributed by atoms with E-state index in [1.165, 1.54) is 6.42 Å². The molecule has 5 rings (SSSR count). The molecule has 0 saturated carbocycles. The van der Waals surface area contributed by atoms with Gasteiger partial charge in [0.05, 0.1) is 17.8 Å². The van der Waals surface area contributed by atoms with Crippen LogP contribution in [-0.4, -0.2) is 57.9 Å². The molecular formula is C27H30BrN5O3. The number of hydrogen-bond donors (Lipinski definition) is 1. The van der Waals surface area contributed by atoms with Crippen molar-refractivity contribution in [3.05, 3.63) is 64.5 Å². The molecule has 0 radical (unpaired) electrons. The summed E-state index contributed by atoms with van der Waals surface area (Å²) in [5.41, 5.74) is 2.07. The largest absolute Gasteiger partial charge is 0.339 e. The first-order valence-corrected chi connectivity index (χ1v) is 13.4. The van der Waals surface area contributed by atoms with Crippen molar-refractivity contribution >= 4 is 33.4 Å². The molecule has 2 fully saturated rings. The number of amides is 2. The summed E-state index contributed by atoms with van der Waals surface area (Å²) < 4.78 is 6.43. The molecule has 2 aliphatic rings. The third kappa shape index (κ3) is 5.84. The van der Waals surface area contributed by atoms with Gasteiger partial charge in [-0.1, -0.05) is 45.4 Å². The van der Waals surface area contributed by atoms with Crippen molar-refractivity contribution in [2.24, 2.45) is 5.92 Å². The smallest absolute Gasteiger partial charge is 0.255 e. The predicted octanol–water partition coefficient (Wildman–Crippen LogP) is 4.98. The van der Waals surface area contributed by atoms with Crippen LogP contribution in [-0.2, 0) is 11.3 Å². The maximum atomic E-state index is 13.1. The van der Waals surface area contributed by atoms with Crippen molar-refractivity contribution in [2.75, 3.05) is 31.5 Å². The number of halogens is 1. The predicted molar refractivity (Wildman–Crippen MR) is 140 cm³/mol. The van der Waals surface area contributed by atoms with Gasteiger partial charge in [0.25, 0.3) is 5.91 Å². The number of nitrogens with one attached hydrogen (secondary N) is 1. The van der Waals surface area contributed by atoms with E-state index in [-0.39, 0.29) is 17.7 Å². The summed E-state index contributed by atoms with van der Waals surface area (Å²) in [6.45, 7) is 3.65. The SMILES string of the molecule is O=C(Nc1ccccc1C(=O)N1CCCCC1)C1CCN(Cc2nc(-c3cccc(Br)c3)no2)CC1. The molecular weight excluding hydrogens is 522 g/mol. The Morgan fingerprint density at radius 1 is 1.00 bits per heavy atom. The second kappa shape index (κ2) is 11.3. The van der Waals surface area contributed by atoms with Gasteiger partial charge in [-0.25, -0.2) is 0 Å². The summed E-state index contributed by atoms with van der Waals surface area (Å²) in [7, 11) is 0. The number of carbonyl (C=O) groups is 2. The van der Waals surface area contributed by atoms with Gasteiger partial charge in [0, 0.05) is 29.0 Å². The highest BCUT2D eigenvalue weighted by atomic mass is 79.9. The van der Waals surface area contributed by atoms with E-state index in [2.05, 4.69) is 36.3 Å². The standard InChI is InChI=1S/C27H30BrN5O3/c28-21-8-6-7-20(17-21)25-30-24(36-31-25)18-32-15-11-19(12-16-32)26(34)29-23-10-3-2-9-22(23)27(35)33-13-4-1-5-14-33/h2-3,6-10,17,19H,1,4-5,11-16,18H2,(H,29,34). The maximum Gasteiger partial charge on any atom is 0.255 e. The number of nitrogens with zero attached hydrogens (tertiary/aromatic N) is 4. The van der Waals surface area contributed by atoms with E-state index < -0.39 is 0 Å². The van der Waals surface area contributed by atoms with Crippen molar-refractivity contribution in [3.8, 4) is 11.4 Å². The number of aromatic nitrogens is 2. The quantitative estimate of drug-likeness (QED) is 0.464. The van der Waals surface area contributed by atoms with E-state index in [0.717, 1.165) is 61.9 Å². The molecule has 9 heteroatoms. The zero-order valence-electron chi connectivity index (χ0n) is 20.2. The van der Waals surface area contributed by atoms with Gasteiger partial charge >= 0.3 is 0 Å². The number of para-hydroxylation sites is 1. The van der Waals surface area contributed by atoms with Crippen molar-refractivity contribution in [1.82, 2.24) is 19.9 Å². The van der Waals surface area contributed by atoms with Crippen LogP contribution < -0.4 is 5.32 Å². The monoisotopic (exact) mass is 551 g/mol. The molecule has 0 unspecified atom stereocenters. The lowest BCUT2D eigenvalue weighted by molar-refractivity contribution is -0.121. The maximum absolute atomic E-state index is 13.1. The molecule has 2 aliphatic heterocycles. The summed E-state index contributed by atoms with van der Waals surface area (Å²) in [6.07, 6.45) is 4.71. The van der Waals surface area contributed by atoms with Crippen molar-refractivity contribution in [2.45, 2.75) is 38.6 Å². The van der Waals surface area contributed by atoms with E-state index in [9.17, 15) is 9.59 Å². The first-order valence-electron chi connectivity index (χ1n) is 12.6. The molecule has 36 heavy (non-hydrogen) atoms. The molecule has 3 aromatic rings. The van der Waals surface area contributed by atoms with Gasteiger partial charge in [-0.05, 0) is 69.5 Å². The first-order chi connectivity index (χ1) is 17.6. The van der Waals surface area contributed by atoms with Crippen LogP contribution in [0, 0.1) is 5.92 Å². The number of rotatable bonds is 6. The minimum absolute atomic E-state index is 0.00204. The van der Waals surface area contributed by atoms with Crippen molar-refractivity contribution in [3.63, 3.8) is 0 Å². The normalized spacial score (nSPS) is 17.2. The van der Waals surface area contributed by atoms with Gasteiger partial charge in [-0.15, -0.1) is 0 Å². The van der Waals surface area contributed by atoms with Crippen molar-refractivity contribution < 1.29 is 14.1 Å². The fraction of sp³-hybridized carbons (Fsp3) is 0.407. The molecule has 0 bridgehead atoms. The highest BCUT2D eigenvalue weighted by Crippen LogP contribution is 2.25. The van der Waals surface area contributed by atoms with Crippen LogP contribution >= 0.6 is 15.9 Å². The molecule has 3 heterocycles. The Morgan fingerprint density at radius 3 is 2.56 bits per heavy atom. The Bertz CT molecular complexity index is 1220. The lowest BCUT2D eigenvalue weighted by atomic mass is 9.95. The van der Waals surface area contributed by atoms with Crippen molar-refractivity contribution in [1.29, 1.82) is 0 Å². The molecule has 0 atom stereocenters. The van der Waals surface area contributed by atoms with Gasteiger partial charge in [0.2, 0.25) is 17.6 Å². The minimum Gasteiger partial charge on any atom is -0.339 e. The van der Waals surface area contributed by atoms with Crippen LogP contribution in [0.5, 0.6) is 0 Å². The van der Waals surface area contributed by atoms with Crippen LogP contribution in [0.2, 0.25) is 0 Å². The fourth-order valence-corrected chi connectivity index (χ4v) is 5.29. The Hall–Kier alpha value is -3.04. The minimum atomic E-state index is -0.0979.